The van der Waals surface area contributed by atoms with E-state index in [0.29, 0.717) is 18.8 Å². The van der Waals surface area contributed by atoms with Crippen LogP contribution in [0.5, 0.6) is 0 Å². The van der Waals surface area contributed by atoms with E-state index in [-0.39, 0.29) is 17.5 Å². The van der Waals surface area contributed by atoms with E-state index in [9.17, 15) is 9.59 Å². The van der Waals surface area contributed by atoms with Gasteiger partial charge in [-0.25, -0.2) is 0 Å². The van der Waals surface area contributed by atoms with Gasteiger partial charge in [0.25, 0.3) is 0 Å². The van der Waals surface area contributed by atoms with Gasteiger partial charge in [0, 0.05) is 66.2 Å². The average Bonchev–Trinajstić information content (AvgIpc) is 3.23. The Labute approximate surface area is 231 Å². The zero-order valence-corrected chi connectivity index (χ0v) is 23.8. The van der Waals surface area contributed by atoms with Crippen LogP contribution in [0.1, 0.15) is 46.1 Å². The third-order valence-electron chi connectivity index (χ3n) is 9.37. The second kappa shape index (κ2) is 8.87. The molecule has 6 rings (SSSR count). The van der Waals surface area contributed by atoms with Gasteiger partial charge < -0.3 is 4.90 Å². The summed E-state index contributed by atoms with van der Waals surface area (Å²) in [5.74, 6) is 0.866. The number of hydrogen-bond donors (Lipinski definition) is 0. The van der Waals surface area contributed by atoms with Crippen molar-refractivity contribution >= 4 is 33.7 Å². The van der Waals surface area contributed by atoms with Crippen LogP contribution in [-0.2, 0) is 15.0 Å². The van der Waals surface area contributed by atoms with Crippen molar-refractivity contribution in [2.45, 2.75) is 46.0 Å². The maximum atomic E-state index is 12.8. The van der Waals surface area contributed by atoms with Crippen LogP contribution in [0.3, 0.4) is 0 Å². The second-order valence-electron chi connectivity index (χ2n) is 12.2. The fraction of sp³-hybridized carbons (Fsp3) is 0.343. The summed E-state index contributed by atoms with van der Waals surface area (Å²) in [6.07, 6.45) is 16.5. The number of likely N-dealkylation sites (N-methyl/N-ethyl adjacent to an activating group) is 1. The highest BCUT2D eigenvalue weighted by Gasteiger charge is 2.53. The summed E-state index contributed by atoms with van der Waals surface area (Å²) in [5, 5.41) is 2.37. The van der Waals surface area contributed by atoms with Gasteiger partial charge in [0.15, 0.2) is 5.71 Å². The molecule has 0 bridgehead atoms. The zero-order chi connectivity index (χ0) is 27.7. The van der Waals surface area contributed by atoms with Gasteiger partial charge in [-0.15, -0.1) is 0 Å². The maximum Gasteiger partial charge on any atom is 0.210 e. The molecule has 4 nitrogen and oxygen atoms in total. The summed E-state index contributed by atoms with van der Waals surface area (Å²) in [4.78, 5) is 27.9. The fourth-order valence-corrected chi connectivity index (χ4v) is 7.89. The van der Waals surface area contributed by atoms with Crippen molar-refractivity contribution in [2.75, 3.05) is 14.1 Å². The van der Waals surface area contributed by atoms with Gasteiger partial charge in [0.2, 0.25) is 5.69 Å². The van der Waals surface area contributed by atoms with E-state index < -0.39 is 10.8 Å². The number of nitrogens with zero attached hydrogens (tertiary/aromatic N) is 2. The maximum absolute atomic E-state index is 12.8. The fourth-order valence-electron chi connectivity index (χ4n) is 7.89. The topological polar surface area (TPSA) is 40.4 Å². The molecule has 198 valence electrons. The SMILES string of the molecule is CC(=O)CC1(C)C2=C(C=CC3C=CC=CC23)N(C)/C1=C/C1=[N+](C)c2ccc3ccccc3c2C1(C)CC(C)=O. The lowest BCUT2D eigenvalue weighted by Crippen LogP contribution is -2.36. The number of rotatable bonds is 5. The van der Waals surface area contributed by atoms with Gasteiger partial charge in [0.05, 0.1) is 5.41 Å². The highest BCUT2D eigenvalue weighted by molar-refractivity contribution is 6.10. The summed E-state index contributed by atoms with van der Waals surface area (Å²) >= 11 is 0. The van der Waals surface area contributed by atoms with Crippen molar-refractivity contribution < 1.29 is 14.2 Å². The minimum absolute atomic E-state index is 0.163. The Balaban J connectivity index is 1.57. The van der Waals surface area contributed by atoms with Crippen molar-refractivity contribution in [3.05, 3.63) is 101 Å². The molecule has 0 radical (unpaired) electrons. The Kier molecular flexibility index (Phi) is 5.80. The molecule has 0 aromatic heterocycles. The number of hydrogen-bond acceptors (Lipinski definition) is 3. The molecule has 4 aliphatic rings. The number of carbonyl (C=O) groups is 2. The predicted molar refractivity (Wildman–Crippen MR) is 158 cm³/mol. The van der Waals surface area contributed by atoms with Crippen molar-refractivity contribution in [3.63, 3.8) is 0 Å². The molecule has 4 atom stereocenters. The third kappa shape index (κ3) is 3.68. The zero-order valence-electron chi connectivity index (χ0n) is 23.8. The molecule has 4 heteroatoms. The van der Waals surface area contributed by atoms with Crippen molar-refractivity contribution in [2.24, 2.45) is 17.3 Å². The van der Waals surface area contributed by atoms with Crippen molar-refractivity contribution in [1.82, 2.24) is 4.90 Å². The molecule has 39 heavy (non-hydrogen) atoms. The summed E-state index contributed by atoms with van der Waals surface area (Å²) < 4.78 is 2.26. The molecule has 0 saturated heterocycles. The van der Waals surface area contributed by atoms with E-state index in [1.807, 2.05) is 0 Å². The first-order valence-electron chi connectivity index (χ1n) is 13.9. The van der Waals surface area contributed by atoms with E-state index in [4.69, 9.17) is 0 Å². The van der Waals surface area contributed by atoms with Gasteiger partial charge >= 0.3 is 0 Å². The quantitative estimate of drug-likeness (QED) is 0.410. The number of ketones is 2. The molecule has 0 spiro atoms. The number of Topliss-reactive ketones (excluding diaryl/α,β-unsaturated/α-hetero) is 2. The third-order valence-corrected chi connectivity index (χ3v) is 9.37. The van der Waals surface area contributed by atoms with Crippen LogP contribution >= 0.6 is 0 Å². The molecule has 0 N–H and O–H groups in total. The van der Waals surface area contributed by atoms with Crippen LogP contribution in [0.15, 0.2) is 95.9 Å². The standard InChI is InChI=1S/C35H37N2O2/c1-22(38)20-34(3)30(36(5)28-17-15-24-11-7-9-13-26(24)32(28)34)19-31-35(4,21-23(2)39)33-27-14-10-8-12-25(27)16-18-29(33)37(31)6/h7-19,24,26H,20-21H2,1-6H3/q+1. The van der Waals surface area contributed by atoms with E-state index in [1.54, 1.807) is 13.8 Å². The first kappa shape index (κ1) is 25.5. The molecular weight excluding hydrogens is 480 g/mol. The lowest BCUT2D eigenvalue weighted by Gasteiger charge is -2.36. The van der Waals surface area contributed by atoms with E-state index in [0.717, 1.165) is 17.1 Å². The molecule has 2 aliphatic carbocycles. The second-order valence-corrected chi connectivity index (χ2v) is 12.2. The first-order chi connectivity index (χ1) is 18.6. The lowest BCUT2D eigenvalue weighted by atomic mass is 9.65. The Morgan fingerprint density at radius 1 is 0.949 bits per heavy atom. The number of allylic oxidation sites excluding steroid dienone is 8. The Morgan fingerprint density at radius 3 is 2.38 bits per heavy atom. The first-order valence-corrected chi connectivity index (χ1v) is 13.9. The van der Waals surface area contributed by atoms with Crippen LogP contribution in [0.4, 0.5) is 5.69 Å². The number of benzene rings is 2. The molecule has 2 aromatic carbocycles. The van der Waals surface area contributed by atoms with Gasteiger partial charge in [0.1, 0.15) is 18.6 Å². The van der Waals surface area contributed by atoms with Crippen LogP contribution in [-0.4, -0.2) is 40.8 Å². The van der Waals surface area contributed by atoms with E-state index in [1.165, 1.54) is 27.6 Å². The smallest absolute Gasteiger partial charge is 0.210 e. The highest BCUT2D eigenvalue weighted by Crippen LogP contribution is 2.57. The van der Waals surface area contributed by atoms with Crippen molar-refractivity contribution in [1.29, 1.82) is 0 Å². The minimum atomic E-state index is -0.503. The molecule has 2 aromatic rings. The average molecular weight is 518 g/mol. The molecule has 0 amide bonds. The monoisotopic (exact) mass is 517 g/mol. The van der Waals surface area contributed by atoms with Gasteiger partial charge in [-0.2, -0.15) is 4.58 Å². The molecule has 0 fully saturated rings. The molecular formula is C35H37N2O2+. The summed E-state index contributed by atoms with van der Waals surface area (Å²) in [6, 6.07) is 12.8. The normalized spacial score (nSPS) is 29.9. The number of carbonyl (C=O) groups excluding carboxylic acids is 2. The molecule has 0 saturated carbocycles. The minimum Gasteiger partial charge on any atom is -0.347 e. The number of fused-ring (bicyclic) bond motifs is 5. The highest BCUT2D eigenvalue weighted by atomic mass is 16.1. The van der Waals surface area contributed by atoms with E-state index in [2.05, 4.69) is 116 Å². The van der Waals surface area contributed by atoms with E-state index >= 15 is 0 Å². The Bertz CT molecular complexity index is 1630. The summed E-state index contributed by atoms with van der Waals surface area (Å²) in [7, 11) is 4.24. The summed E-state index contributed by atoms with van der Waals surface area (Å²) in [6.45, 7) is 7.84. The van der Waals surface area contributed by atoms with Gasteiger partial charge in [-0.3, -0.25) is 9.59 Å². The molecule has 2 heterocycles. The van der Waals surface area contributed by atoms with Crippen LogP contribution in [0, 0.1) is 17.3 Å². The van der Waals surface area contributed by atoms with Crippen LogP contribution in [0.25, 0.3) is 10.8 Å². The Morgan fingerprint density at radius 2 is 1.64 bits per heavy atom. The largest absolute Gasteiger partial charge is 0.347 e. The van der Waals surface area contributed by atoms with Crippen LogP contribution in [0.2, 0.25) is 0 Å². The van der Waals surface area contributed by atoms with Crippen molar-refractivity contribution in [3.8, 4) is 0 Å². The van der Waals surface area contributed by atoms with Crippen LogP contribution < -0.4 is 0 Å². The molecule has 4 unspecified atom stereocenters. The Hall–Kier alpha value is -3.79. The van der Waals surface area contributed by atoms with Gasteiger partial charge in [-0.1, -0.05) is 54.6 Å². The van der Waals surface area contributed by atoms with Gasteiger partial charge in [-0.05, 0) is 56.2 Å². The predicted octanol–water partition coefficient (Wildman–Crippen LogP) is 6.80. The lowest BCUT2D eigenvalue weighted by molar-refractivity contribution is -0.401. The molecule has 2 aliphatic heterocycles. The summed E-state index contributed by atoms with van der Waals surface area (Å²) in [5.41, 5.74) is 6.09.